The van der Waals surface area contributed by atoms with Crippen LogP contribution in [0, 0.1) is 0 Å². The molecule has 0 saturated carbocycles. The van der Waals surface area contributed by atoms with Gasteiger partial charge in [-0.2, -0.15) is 0 Å². The fourth-order valence-electron chi connectivity index (χ4n) is 7.26. The largest absolute Gasteiger partial charge is 0.269 e. The van der Waals surface area contributed by atoms with Crippen molar-refractivity contribution >= 4 is 25.3 Å². The van der Waals surface area contributed by atoms with E-state index in [1.807, 2.05) is 0 Å². The minimum absolute atomic E-state index is 0.0263. The van der Waals surface area contributed by atoms with Gasteiger partial charge in [0.25, 0.3) is 0 Å². The Bertz CT molecular complexity index is 1430. The summed E-state index contributed by atoms with van der Waals surface area (Å²) in [4.78, 5) is 0. The summed E-state index contributed by atoms with van der Waals surface area (Å²) in [6.45, 7) is 55.9. The average molecular weight is 692 g/mol. The van der Waals surface area contributed by atoms with Gasteiger partial charge in [0.15, 0.2) is 0 Å². The molecule has 0 unspecified atom stereocenters. The van der Waals surface area contributed by atoms with Gasteiger partial charge in [-0.1, -0.05) is 149 Å². The van der Waals surface area contributed by atoms with Gasteiger partial charge in [0, 0.05) is 30.2 Å². The Morgan fingerprint density at radius 2 is 0.646 bits per heavy atom. The molecule has 48 heavy (non-hydrogen) atoms. The summed E-state index contributed by atoms with van der Waals surface area (Å²) in [7, 11) is -1.22. The highest BCUT2D eigenvalue weighted by atomic mass is 31.2. The Kier molecular flexibility index (Phi) is 11.3. The lowest BCUT2D eigenvalue weighted by Gasteiger charge is -2.49. The molecule has 2 aromatic rings. The molecule has 0 aromatic heterocycles. The van der Waals surface area contributed by atoms with E-state index >= 15 is 0 Å². The molecular formula is C45H75NP2. The highest BCUT2D eigenvalue weighted by Crippen LogP contribution is 2.65. The molecule has 0 atom stereocenters. The molecule has 0 aliphatic carbocycles. The summed E-state index contributed by atoms with van der Waals surface area (Å²) in [5.74, 6) is 0. The van der Waals surface area contributed by atoms with Gasteiger partial charge in [-0.25, -0.2) is 0 Å². The van der Waals surface area contributed by atoms with Crippen molar-refractivity contribution in [3.05, 3.63) is 68.8 Å². The summed E-state index contributed by atoms with van der Waals surface area (Å²) in [5, 5.41) is 3.51. The zero-order chi connectivity index (χ0) is 37.5. The smallest absolute Gasteiger partial charge is 0.0381 e. The molecule has 1 nitrogen and oxygen atoms in total. The molecule has 3 heteroatoms. The van der Waals surface area contributed by atoms with Crippen LogP contribution in [0.3, 0.4) is 0 Å². The van der Waals surface area contributed by atoms with Crippen molar-refractivity contribution in [2.75, 3.05) is 6.66 Å². The predicted octanol–water partition coefficient (Wildman–Crippen LogP) is 13.8. The molecule has 0 bridgehead atoms. The summed E-state index contributed by atoms with van der Waals surface area (Å²) < 4.78 is 2.91. The molecule has 0 spiro atoms. The number of benzene rings is 2. The first-order valence-corrected chi connectivity index (χ1v) is 21.8. The summed E-state index contributed by atoms with van der Waals surface area (Å²) in [6.07, 6.45) is 0. The van der Waals surface area contributed by atoms with Gasteiger partial charge >= 0.3 is 0 Å². The molecule has 270 valence electrons. The lowest BCUT2D eigenvalue weighted by molar-refractivity contribution is 0.329. The molecular weight excluding hydrogens is 616 g/mol. The summed E-state index contributed by atoms with van der Waals surface area (Å²) >= 11 is 0. The van der Waals surface area contributed by atoms with E-state index < -0.39 is 15.2 Å². The van der Waals surface area contributed by atoms with Gasteiger partial charge in [0.2, 0.25) is 0 Å². The van der Waals surface area contributed by atoms with Gasteiger partial charge in [0.05, 0.1) is 0 Å². The molecule has 0 fully saturated rings. The minimum atomic E-state index is -0.692. The second kappa shape index (κ2) is 13.1. The van der Waals surface area contributed by atoms with Crippen LogP contribution in [0.2, 0.25) is 0 Å². The molecule has 0 radical (unpaired) electrons. The highest BCUT2D eigenvalue weighted by molar-refractivity contribution is 8.13. The third-order valence-electron chi connectivity index (χ3n) is 10.0. The Morgan fingerprint density at radius 3 is 0.812 bits per heavy atom. The van der Waals surface area contributed by atoms with Crippen LogP contribution in [-0.4, -0.2) is 33.5 Å². The van der Waals surface area contributed by atoms with E-state index in [9.17, 15) is 0 Å². The van der Waals surface area contributed by atoms with Crippen molar-refractivity contribution in [2.45, 2.75) is 197 Å². The van der Waals surface area contributed by atoms with Crippen LogP contribution in [0.1, 0.15) is 197 Å². The predicted molar refractivity (Wildman–Crippen MR) is 225 cm³/mol. The minimum Gasteiger partial charge on any atom is -0.269 e. The van der Waals surface area contributed by atoms with E-state index in [1.54, 1.807) is 43.4 Å². The Balaban J connectivity index is 2.80. The second-order valence-corrected chi connectivity index (χ2v) is 26.2. The Morgan fingerprint density at radius 1 is 0.417 bits per heavy atom. The lowest BCUT2D eigenvalue weighted by atomic mass is 9.72. The molecule has 1 aliphatic heterocycles. The summed E-state index contributed by atoms with van der Waals surface area (Å²) in [6, 6.07) is 11.3. The van der Waals surface area contributed by atoms with Crippen LogP contribution in [0.15, 0.2) is 24.3 Å². The molecule has 0 amide bonds. The maximum absolute atomic E-state index is 2.91. The third-order valence-corrected chi connectivity index (χ3v) is 17.3. The molecule has 1 aliphatic rings. The van der Waals surface area contributed by atoms with Crippen LogP contribution in [0.25, 0.3) is 0 Å². The van der Waals surface area contributed by atoms with Gasteiger partial charge in [0.1, 0.15) is 0 Å². The zero-order valence-corrected chi connectivity index (χ0v) is 37.6. The Labute approximate surface area is 301 Å². The Hall–Kier alpha value is -1.13. The zero-order valence-electron chi connectivity index (χ0n) is 35.8. The van der Waals surface area contributed by atoms with Crippen LogP contribution in [0.5, 0.6) is 0 Å². The summed E-state index contributed by atoms with van der Waals surface area (Å²) in [5.41, 5.74) is 12.5. The highest BCUT2D eigenvalue weighted by Gasteiger charge is 2.45. The van der Waals surface area contributed by atoms with E-state index in [1.165, 1.54) is 11.1 Å². The second-order valence-electron chi connectivity index (χ2n) is 21.5. The van der Waals surface area contributed by atoms with E-state index in [0.717, 1.165) is 0 Å². The third kappa shape index (κ3) is 8.16. The lowest BCUT2D eigenvalue weighted by Crippen LogP contribution is -2.41. The standard InChI is InChI=1S/C45H75NP2/c1-28(2)46(29(3)4)48-38(36-32(42(11,12)13)24-30(40(5,6)7)25-33(36)43(14,15)16)47(23)39(48)37-34(44(17,18)19)26-31(41(8,9)10)27-35(37)45(20,21)22/h24-29H,1-23H3. The number of nitrogens with zero attached hydrogens (tertiary/aromatic N) is 1. The van der Waals surface area contributed by atoms with Crippen LogP contribution >= 0.6 is 15.2 Å². The van der Waals surface area contributed by atoms with Crippen molar-refractivity contribution in [2.24, 2.45) is 0 Å². The number of hydrogen-bond donors (Lipinski definition) is 0. The fraction of sp³-hybridized carbons (Fsp3) is 0.689. The van der Waals surface area contributed by atoms with Crippen molar-refractivity contribution < 1.29 is 0 Å². The quantitative estimate of drug-likeness (QED) is 0.282. The number of hydrogen-bond acceptors (Lipinski definition) is 1. The van der Waals surface area contributed by atoms with Crippen LogP contribution in [0.4, 0.5) is 0 Å². The van der Waals surface area contributed by atoms with E-state index in [4.69, 9.17) is 0 Å². The SMILES string of the molecule is CC(C)N(C(C)C)P1C(c2c(C(C)(C)C)cc(C(C)(C)C)cc2C(C)(C)C)=P(C)=C1c1c(C(C)(C)C)cc(C(C)(C)C)cc1C(C)(C)C. The molecule has 2 aromatic carbocycles. The van der Waals surface area contributed by atoms with E-state index in [-0.39, 0.29) is 32.5 Å². The van der Waals surface area contributed by atoms with Crippen molar-refractivity contribution in [3.63, 3.8) is 0 Å². The normalized spacial score (nSPS) is 18.0. The maximum Gasteiger partial charge on any atom is 0.0381 e. The van der Waals surface area contributed by atoms with Gasteiger partial charge in [-0.15, -0.1) is 7.17 Å². The van der Waals surface area contributed by atoms with Crippen molar-refractivity contribution in [3.8, 4) is 0 Å². The van der Waals surface area contributed by atoms with Gasteiger partial charge in [-0.05, 0) is 111 Å². The maximum atomic E-state index is 2.91. The van der Waals surface area contributed by atoms with Crippen LogP contribution in [-0.2, 0) is 32.5 Å². The number of rotatable bonds is 5. The first-order chi connectivity index (χ1) is 21.2. The topological polar surface area (TPSA) is 3.24 Å². The molecule has 3 rings (SSSR count). The van der Waals surface area contributed by atoms with Crippen LogP contribution < -0.4 is 0 Å². The van der Waals surface area contributed by atoms with Crippen molar-refractivity contribution in [1.82, 2.24) is 4.67 Å². The fourth-order valence-corrected chi connectivity index (χ4v) is 14.5. The molecule has 0 N–H and O–H groups in total. The van der Waals surface area contributed by atoms with E-state index in [0.29, 0.717) is 12.1 Å². The first-order valence-electron chi connectivity index (χ1n) is 18.7. The van der Waals surface area contributed by atoms with Crippen molar-refractivity contribution in [1.29, 1.82) is 0 Å². The monoisotopic (exact) mass is 692 g/mol. The van der Waals surface area contributed by atoms with E-state index in [2.05, 4.69) is 188 Å². The van der Waals surface area contributed by atoms with Gasteiger partial charge < -0.3 is 0 Å². The first kappa shape index (κ1) is 41.3. The molecule has 0 saturated heterocycles. The molecule has 1 heterocycles. The van der Waals surface area contributed by atoms with Gasteiger partial charge in [-0.3, -0.25) is 4.67 Å². The average Bonchev–Trinajstić information content (AvgIpc) is 2.84.